The molecule has 2 aromatic heterocycles. The molecule has 1 amide bonds. The van der Waals surface area contributed by atoms with Gasteiger partial charge in [0.2, 0.25) is 0 Å². The molecule has 39 heavy (non-hydrogen) atoms. The number of halogens is 6. The molecular weight excluding hydrogens is 540 g/mol. The fourth-order valence-electron chi connectivity index (χ4n) is 3.50. The van der Waals surface area contributed by atoms with Crippen LogP contribution in [0.3, 0.4) is 0 Å². The van der Waals surface area contributed by atoms with Gasteiger partial charge in [-0.3, -0.25) is 9.78 Å². The summed E-state index contributed by atoms with van der Waals surface area (Å²) in [5.41, 5.74) is 2.69. The number of nitrogens with zero attached hydrogens (tertiary/aromatic N) is 5. The van der Waals surface area contributed by atoms with E-state index in [-0.39, 0.29) is 11.9 Å². The first kappa shape index (κ1) is 31.0. The molecule has 0 spiro atoms. The highest BCUT2D eigenvalue weighted by atomic mass is 19.4. The van der Waals surface area contributed by atoms with E-state index in [1.54, 1.807) is 6.20 Å². The maximum Gasteiger partial charge on any atom is 0.490 e. The zero-order valence-electron chi connectivity index (χ0n) is 20.4. The molecule has 4 rings (SSSR count). The minimum absolute atomic E-state index is 0.0574. The molecule has 212 valence electrons. The third-order valence-corrected chi connectivity index (χ3v) is 5.12. The normalized spacial score (nSPS) is 15.0. The van der Waals surface area contributed by atoms with Crippen LogP contribution >= 0.6 is 0 Å². The Hall–Kier alpha value is -4.21. The Morgan fingerprint density at radius 1 is 1.03 bits per heavy atom. The summed E-state index contributed by atoms with van der Waals surface area (Å²) in [5, 5.41) is 15.2. The molecule has 2 N–H and O–H groups in total. The van der Waals surface area contributed by atoms with E-state index in [4.69, 9.17) is 19.8 Å². The van der Waals surface area contributed by atoms with E-state index in [1.165, 1.54) is 0 Å². The van der Waals surface area contributed by atoms with Crippen molar-refractivity contribution in [3.8, 4) is 0 Å². The lowest BCUT2D eigenvalue weighted by Gasteiger charge is -2.35. The number of hydrogen-bond acceptors (Lipinski definition) is 6. The topological polar surface area (TPSA) is 129 Å². The van der Waals surface area contributed by atoms with Crippen molar-refractivity contribution in [1.82, 2.24) is 24.3 Å². The van der Waals surface area contributed by atoms with E-state index in [1.807, 2.05) is 61.9 Å². The lowest BCUT2D eigenvalue weighted by atomic mass is 10.1. The molecule has 0 bridgehead atoms. The first-order chi connectivity index (χ1) is 18.0. The van der Waals surface area contributed by atoms with Crippen LogP contribution in [0, 0.1) is 0 Å². The van der Waals surface area contributed by atoms with Gasteiger partial charge in [0, 0.05) is 36.4 Å². The Kier molecular flexibility index (Phi) is 9.98. The van der Waals surface area contributed by atoms with Crippen LogP contribution in [0.15, 0.2) is 49.1 Å². The van der Waals surface area contributed by atoms with Crippen LogP contribution in [0.2, 0.25) is 0 Å². The molecule has 0 saturated heterocycles. The third-order valence-electron chi connectivity index (χ3n) is 5.12. The second-order valence-electron chi connectivity index (χ2n) is 8.41. The van der Waals surface area contributed by atoms with Crippen LogP contribution in [-0.2, 0) is 16.1 Å². The Balaban J connectivity index is 0.000000317. The number of pyridine rings is 1. The minimum Gasteiger partial charge on any atom is -0.475 e. The SMILES string of the molecule is CN(C)CC1CN(C(=O)c2ccc3ncccc3c2)Cc2cncn21.O=C(O)C(F)(F)F.O=C(O)C(F)(F)F. The van der Waals surface area contributed by atoms with Crippen molar-refractivity contribution in [3.05, 3.63) is 60.3 Å². The van der Waals surface area contributed by atoms with Gasteiger partial charge in [-0.2, -0.15) is 26.3 Å². The number of likely N-dealkylation sites (N-methyl/N-ethyl adjacent to an activating group) is 1. The van der Waals surface area contributed by atoms with Crippen molar-refractivity contribution < 1.29 is 50.9 Å². The van der Waals surface area contributed by atoms with E-state index in [0.717, 1.165) is 23.1 Å². The average molecular weight is 563 g/mol. The smallest absolute Gasteiger partial charge is 0.475 e. The first-order valence-electron chi connectivity index (χ1n) is 10.9. The van der Waals surface area contributed by atoms with Gasteiger partial charge in [-0.05, 0) is 38.4 Å². The summed E-state index contributed by atoms with van der Waals surface area (Å²) in [6.45, 7) is 2.15. The molecule has 16 heteroatoms. The molecule has 1 atom stereocenters. The van der Waals surface area contributed by atoms with Gasteiger partial charge < -0.3 is 24.6 Å². The van der Waals surface area contributed by atoms with Crippen LogP contribution in [0.1, 0.15) is 22.1 Å². The van der Waals surface area contributed by atoms with Crippen molar-refractivity contribution in [1.29, 1.82) is 0 Å². The third kappa shape index (κ3) is 8.94. The highest BCUT2D eigenvalue weighted by Crippen LogP contribution is 2.24. The average Bonchev–Trinajstić information content (AvgIpc) is 3.32. The number of imidazole rings is 1. The number of alkyl halides is 6. The molecule has 10 nitrogen and oxygen atoms in total. The second-order valence-corrected chi connectivity index (χ2v) is 8.41. The highest BCUT2D eigenvalue weighted by Gasteiger charge is 2.39. The monoisotopic (exact) mass is 563 g/mol. The van der Waals surface area contributed by atoms with Crippen molar-refractivity contribution in [2.45, 2.75) is 24.9 Å². The van der Waals surface area contributed by atoms with Crippen LogP contribution in [0.25, 0.3) is 10.9 Å². The number of aliphatic carboxylic acids is 2. The number of carboxylic acid groups (broad SMARTS) is 2. The summed E-state index contributed by atoms with van der Waals surface area (Å²) in [5.74, 6) is -5.46. The Morgan fingerprint density at radius 2 is 1.62 bits per heavy atom. The van der Waals surface area contributed by atoms with Crippen molar-refractivity contribution >= 4 is 28.7 Å². The molecule has 1 aliphatic heterocycles. The van der Waals surface area contributed by atoms with Crippen LogP contribution in [-0.4, -0.2) is 91.9 Å². The molecule has 0 saturated carbocycles. The lowest BCUT2D eigenvalue weighted by molar-refractivity contribution is -0.193. The molecule has 1 aromatic carbocycles. The van der Waals surface area contributed by atoms with E-state index < -0.39 is 24.3 Å². The molecule has 3 heterocycles. The standard InChI is InChI=1S/C19H21N5O.2C2HF3O2/c1-22(2)10-17-12-23(11-16-9-20-13-24(16)17)19(25)15-5-6-18-14(8-15)4-3-7-21-18;2*3-2(4,5)1(6)7/h3-9,13,17H,10-12H2,1-2H3;2*(H,6,7). The summed E-state index contributed by atoms with van der Waals surface area (Å²) in [7, 11) is 4.10. The van der Waals surface area contributed by atoms with Gasteiger partial charge in [0.05, 0.1) is 30.1 Å². The quantitative estimate of drug-likeness (QED) is 0.464. The van der Waals surface area contributed by atoms with E-state index >= 15 is 0 Å². The number of fused-ring (bicyclic) bond motifs is 2. The van der Waals surface area contributed by atoms with Crippen LogP contribution in [0.4, 0.5) is 26.3 Å². The van der Waals surface area contributed by atoms with Gasteiger partial charge in [0.25, 0.3) is 5.91 Å². The molecule has 1 unspecified atom stereocenters. The van der Waals surface area contributed by atoms with Crippen molar-refractivity contribution in [3.63, 3.8) is 0 Å². The number of carbonyl (C=O) groups excluding carboxylic acids is 1. The van der Waals surface area contributed by atoms with E-state index in [2.05, 4.69) is 19.4 Å². The number of carboxylic acids is 2. The Labute approximate surface area is 217 Å². The molecular formula is C23H23F6N5O5. The maximum absolute atomic E-state index is 13.1. The molecule has 0 radical (unpaired) electrons. The minimum atomic E-state index is -5.08. The zero-order chi connectivity index (χ0) is 29.5. The fraction of sp³-hybridized carbons (Fsp3) is 0.348. The summed E-state index contributed by atoms with van der Waals surface area (Å²) >= 11 is 0. The Morgan fingerprint density at radius 3 is 2.15 bits per heavy atom. The van der Waals surface area contributed by atoms with Gasteiger partial charge in [0.1, 0.15) is 0 Å². The number of hydrogen-bond donors (Lipinski definition) is 2. The second kappa shape index (κ2) is 12.6. The number of carbonyl (C=O) groups is 3. The number of rotatable bonds is 3. The van der Waals surface area contributed by atoms with Crippen LogP contribution < -0.4 is 0 Å². The predicted octanol–water partition coefficient (Wildman–Crippen LogP) is 3.46. The summed E-state index contributed by atoms with van der Waals surface area (Å²) < 4.78 is 65.7. The molecule has 3 aromatic rings. The summed E-state index contributed by atoms with van der Waals surface area (Å²) in [4.78, 5) is 43.5. The largest absolute Gasteiger partial charge is 0.490 e. The summed E-state index contributed by atoms with van der Waals surface area (Å²) in [6, 6.07) is 9.80. The van der Waals surface area contributed by atoms with Crippen LogP contribution in [0.5, 0.6) is 0 Å². The van der Waals surface area contributed by atoms with E-state index in [0.29, 0.717) is 18.7 Å². The fourth-order valence-corrected chi connectivity index (χ4v) is 3.50. The molecule has 0 fully saturated rings. The Bertz CT molecular complexity index is 1280. The van der Waals surface area contributed by atoms with E-state index in [9.17, 15) is 31.1 Å². The maximum atomic E-state index is 13.1. The highest BCUT2D eigenvalue weighted by molar-refractivity contribution is 5.98. The number of benzene rings is 1. The van der Waals surface area contributed by atoms with Gasteiger partial charge in [-0.25, -0.2) is 14.6 Å². The number of aromatic nitrogens is 3. The van der Waals surface area contributed by atoms with Crippen molar-refractivity contribution in [2.75, 3.05) is 27.2 Å². The molecule has 1 aliphatic rings. The van der Waals surface area contributed by atoms with Crippen molar-refractivity contribution in [2.24, 2.45) is 0 Å². The lowest BCUT2D eigenvalue weighted by Crippen LogP contribution is -2.43. The first-order valence-corrected chi connectivity index (χ1v) is 10.9. The molecule has 0 aliphatic carbocycles. The summed E-state index contributed by atoms with van der Waals surface area (Å²) in [6.07, 6.45) is -4.68. The van der Waals surface area contributed by atoms with Gasteiger partial charge >= 0.3 is 24.3 Å². The zero-order valence-corrected chi connectivity index (χ0v) is 20.4. The predicted molar refractivity (Wildman–Crippen MR) is 124 cm³/mol. The van der Waals surface area contributed by atoms with Gasteiger partial charge in [-0.15, -0.1) is 0 Å². The van der Waals surface area contributed by atoms with Gasteiger partial charge in [-0.1, -0.05) is 6.07 Å². The number of amides is 1. The van der Waals surface area contributed by atoms with Gasteiger partial charge in [0.15, 0.2) is 0 Å².